The van der Waals surface area contributed by atoms with Crippen molar-refractivity contribution in [1.29, 1.82) is 0 Å². The first-order valence-electron chi connectivity index (χ1n) is 3.86. The monoisotopic (exact) mass is 271 g/mol. The van der Waals surface area contributed by atoms with Crippen molar-refractivity contribution < 1.29 is 0 Å². The molecule has 4 N–H and O–H groups in total. The van der Waals surface area contributed by atoms with Crippen molar-refractivity contribution in [3.05, 3.63) is 40.9 Å². The van der Waals surface area contributed by atoms with Crippen LogP contribution in [0.5, 0.6) is 0 Å². The fraction of sp³-hybridized carbons (Fsp3) is 0. The minimum absolute atomic E-state index is 0.184. The van der Waals surface area contributed by atoms with Gasteiger partial charge in [-0.25, -0.2) is 0 Å². The summed E-state index contributed by atoms with van der Waals surface area (Å²) in [7, 11) is 0. The van der Waals surface area contributed by atoms with E-state index in [9.17, 15) is 0 Å². The zero-order valence-electron chi connectivity index (χ0n) is 7.38. The number of thiocarbonyl (C=S) groups is 1. The molecule has 0 atom stereocenters. The van der Waals surface area contributed by atoms with Gasteiger partial charge < -0.3 is 5.73 Å². The fourth-order valence-corrected chi connectivity index (χ4v) is 1.18. The molecule has 0 radical (unpaired) electrons. The molecule has 3 nitrogen and oxygen atoms in total. The summed E-state index contributed by atoms with van der Waals surface area (Å²) in [6.07, 6.45) is 0. The lowest BCUT2D eigenvalue weighted by Crippen LogP contribution is -2.39. The maximum absolute atomic E-state index is 5.25. The molecule has 5 heteroatoms. The molecule has 0 unspecified atom stereocenters. The second-order valence-corrected chi connectivity index (χ2v) is 3.96. The van der Waals surface area contributed by atoms with Crippen molar-refractivity contribution in [2.24, 2.45) is 5.73 Å². The van der Waals surface area contributed by atoms with Crippen LogP contribution in [0.2, 0.25) is 0 Å². The Bertz CT molecular complexity index is 348. The van der Waals surface area contributed by atoms with Crippen LogP contribution in [0.3, 0.4) is 0 Å². The maximum atomic E-state index is 5.25. The smallest absolute Gasteiger partial charge is 0.182 e. The number of rotatable bonds is 3. The van der Waals surface area contributed by atoms with Crippen LogP contribution in [0, 0.1) is 0 Å². The van der Waals surface area contributed by atoms with Crippen LogP contribution in [0.4, 0.5) is 0 Å². The normalized spacial score (nSPS) is 9.21. The average Bonchev–Trinajstić information content (AvgIpc) is 2.15. The molecule has 0 saturated heterocycles. The first kappa shape index (κ1) is 11.0. The molecule has 0 fully saturated rings. The van der Waals surface area contributed by atoms with Gasteiger partial charge in [-0.2, -0.15) is 0 Å². The molecule has 0 heterocycles. The molecule has 0 saturated carbocycles. The summed E-state index contributed by atoms with van der Waals surface area (Å²) in [5.74, 6) is 0. The summed E-state index contributed by atoms with van der Waals surface area (Å²) >= 11 is 7.99. The maximum Gasteiger partial charge on any atom is 0.182 e. The lowest BCUT2D eigenvalue weighted by atomic mass is 10.2. The molecule has 1 aromatic carbocycles. The highest BCUT2D eigenvalue weighted by Crippen LogP contribution is 2.14. The number of nitrogens with one attached hydrogen (secondary N) is 2. The predicted octanol–water partition coefficient (Wildman–Crippen LogP) is 1.76. The van der Waals surface area contributed by atoms with Crippen molar-refractivity contribution in [2.45, 2.75) is 0 Å². The third-order valence-electron chi connectivity index (χ3n) is 1.53. The largest absolute Gasteiger partial charge is 0.375 e. The highest BCUT2D eigenvalue weighted by molar-refractivity contribution is 9.10. The lowest BCUT2D eigenvalue weighted by Gasteiger charge is -2.10. The minimum Gasteiger partial charge on any atom is -0.375 e. The van der Waals surface area contributed by atoms with Crippen LogP contribution in [0.25, 0.3) is 5.70 Å². The number of benzene rings is 1. The second kappa shape index (κ2) is 4.97. The molecular weight excluding hydrogens is 262 g/mol. The SMILES string of the molecule is C=C(NNC(N)=S)c1ccc(Br)cc1. The zero-order chi connectivity index (χ0) is 10.6. The van der Waals surface area contributed by atoms with Gasteiger partial charge in [0.05, 0.1) is 5.70 Å². The molecule has 1 rings (SSSR count). The fourth-order valence-electron chi connectivity index (χ4n) is 0.860. The van der Waals surface area contributed by atoms with Gasteiger partial charge in [0, 0.05) is 4.47 Å². The van der Waals surface area contributed by atoms with E-state index in [1.165, 1.54) is 0 Å². The highest BCUT2D eigenvalue weighted by atomic mass is 79.9. The van der Waals surface area contributed by atoms with Gasteiger partial charge >= 0.3 is 0 Å². The number of hydrogen-bond donors (Lipinski definition) is 3. The van der Waals surface area contributed by atoms with E-state index in [0.29, 0.717) is 5.70 Å². The third kappa shape index (κ3) is 3.35. The van der Waals surface area contributed by atoms with Crippen LogP contribution in [-0.2, 0) is 0 Å². The Hall–Kier alpha value is -1.07. The van der Waals surface area contributed by atoms with E-state index >= 15 is 0 Å². The van der Waals surface area contributed by atoms with E-state index in [0.717, 1.165) is 10.0 Å². The van der Waals surface area contributed by atoms with Gasteiger partial charge in [0.1, 0.15) is 0 Å². The van der Waals surface area contributed by atoms with E-state index in [1.807, 2.05) is 24.3 Å². The molecule has 0 aromatic heterocycles. The third-order valence-corrected chi connectivity index (χ3v) is 2.16. The van der Waals surface area contributed by atoms with Gasteiger partial charge in [0.25, 0.3) is 0 Å². The average molecular weight is 272 g/mol. The van der Waals surface area contributed by atoms with Crippen LogP contribution >= 0.6 is 28.1 Å². The van der Waals surface area contributed by atoms with Crippen LogP contribution < -0.4 is 16.6 Å². The molecular formula is C9H10BrN3S. The van der Waals surface area contributed by atoms with E-state index in [-0.39, 0.29) is 5.11 Å². The predicted molar refractivity (Wildman–Crippen MR) is 66.2 cm³/mol. The standard InChI is InChI=1S/C9H10BrN3S/c1-6(12-13-9(11)14)7-2-4-8(10)5-3-7/h2-5,12H,1H2,(H3,11,13,14). The summed E-state index contributed by atoms with van der Waals surface area (Å²) in [6, 6.07) is 7.73. The van der Waals surface area contributed by atoms with Gasteiger partial charge in [-0.3, -0.25) is 10.9 Å². The molecule has 0 spiro atoms. The van der Waals surface area contributed by atoms with Crippen LogP contribution in [0.1, 0.15) is 5.56 Å². The second-order valence-electron chi connectivity index (χ2n) is 2.60. The summed E-state index contributed by atoms with van der Waals surface area (Å²) in [6.45, 7) is 3.82. The van der Waals surface area contributed by atoms with Gasteiger partial charge in [0.2, 0.25) is 0 Å². The van der Waals surface area contributed by atoms with Gasteiger partial charge in [-0.1, -0.05) is 34.6 Å². The summed E-state index contributed by atoms with van der Waals surface area (Å²) in [5.41, 5.74) is 12.3. The summed E-state index contributed by atoms with van der Waals surface area (Å²) in [5, 5.41) is 0.184. The molecule has 14 heavy (non-hydrogen) atoms. The van der Waals surface area contributed by atoms with Gasteiger partial charge in [-0.15, -0.1) is 0 Å². The van der Waals surface area contributed by atoms with Crippen molar-refractivity contribution in [3.63, 3.8) is 0 Å². The van der Waals surface area contributed by atoms with Crippen LogP contribution in [0.15, 0.2) is 35.3 Å². The molecule has 1 aromatic rings. The zero-order valence-corrected chi connectivity index (χ0v) is 9.78. The van der Waals surface area contributed by atoms with E-state index in [1.54, 1.807) is 0 Å². The van der Waals surface area contributed by atoms with E-state index in [2.05, 4.69) is 45.6 Å². The summed E-state index contributed by atoms with van der Waals surface area (Å²) < 4.78 is 1.02. The molecule has 0 amide bonds. The number of hydrazine groups is 1. The number of hydrogen-bond acceptors (Lipinski definition) is 2. The Morgan fingerprint density at radius 2 is 1.86 bits per heavy atom. The van der Waals surface area contributed by atoms with E-state index < -0.39 is 0 Å². The Kier molecular flexibility index (Phi) is 3.91. The van der Waals surface area contributed by atoms with Gasteiger partial charge in [-0.05, 0) is 29.9 Å². The highest BCUT2D eigenvalue weighted by Gasteiger charge is 1.97. The van der Waals surface area contributed by atoms with Gasteiger partial charge in [0.15, 0.2) is 5.11 Å². The molecule has 0 aliphatic carbocycles. The number of nitrogens with two attached hydrogens (primary N) is 1. The quantitative estimate of drug-likeness (QED) is 0.579. The topological polar surface area (TPSA) is 50.1 Å². The Balaban J connectivity index is 2.61. The van der Waals surface area contributed by atoms with E-state index in [4.69, 9.17) is 5.73 Å². The molecule has 0 aliphatic rings. The van der Waals surface area contributed by atoms with Crippen molar-refractivity contribution in [1.82, 2.24) is 10.9 Å². The Morgan fingerprint density at radius 1 is 1.29 bits per heavy atom. The molecule has 74 valence electrons. The first-order chi connectivity index (χ1) is 6.59. The van der Waals surface area contributed by atoms with Crippen molar-refractivity contribution in [2.75, 3.05) is 0 Å². The van der Waals surface area contributed by atoms with Crippen molar-refractivity contribution >= 4 is 39.0 Å². The number of halogens is 1. The minimum atomic E-state index is 0.184. The molecule has 0 aliphatic heterocycles. The first-order valence-corrected chi connectivity index (χ1v) is 5.06. The molecule has 0 bridgehead atoms. The van der Waals surface area contributed by atoms with Crippen molar-refractivity contribution in [3.8, 4) is 0 Å². The lowest BCUT2D eigenvalue weighted by molar-refractivity contribution is 0.846. The summed E-state index contributed by atoms with van der Waals surface area (Å²) in [4.78, 5) is 0. The Morgan fingerprint density at radius 3 is 2.36 bits per heavy atom. The van der Waals surface area contributed by atoms with Crippen LogP contribution in [-0.4, -0.2) is 5.11 Å². The Labute approximate surface area is 96.5 Å².